The molecule has 16 nitrogen and oxygen atoms in total. The summed E-state index contributed by atoms with van der Waals surface area (Å²) in [5.41, 5.74) is 0.423. The monoisotopic (exact) mass is 1100 g/mol. The van der Waals surface area contributed by atoms with Crippen LogP contribution in [0, 0.1) is 90.6 Å². The topological polar surface area (TPSA) is 294 Å². The van der Waals surface area contributed by atoms with Crippen molar-refractivity contribution in [3.63, 3.8) is 0 Å². The summed E-state index contributed by atoms with van der Waals surface area (Å²) in [5, 5.41) is 78.7. The van der Waals surface area contributed by atoms with Crippen LogP contribution in [0.15, 0.2) is 70.8 Å². The van der Waals surface area contributed by atoms with Gasteiger partial charge in [0, 0.05) is 0 Å². The predicted molar refractivity (Wildman–Crippen MR) is 283 cm³/mol. The van der Waals surface area contributed by atoms with Gasteiger partial charge in [-0.3, -0.25) is 0 Å². The number of aromatic nitrogens is 4. The Kier molecular flexibility index (Phi) is 11.3. The fourth-order valence-electron chi connectivity index (χ4n) is 9.31. The molecule has 0 radical (unpaired) electrons. The minimum absolute atomic E-state index is 0.0197. The number of ketones is 2. The number of carbonyl (C=O) groups is 2. The molecule has 0 saturated heterocycles. The number of hydrogen-bond donors (Lipinski definition) is 0. The molecule has 21 heteroatoms. The van der Waals surface area contributed by atoms with Crippen LogP contribution in [0.1, 0.15) is 64.4 Å². The van der Waals surface area contributed by atoms with Crippen LogP contribution in [0.4, 0.5) is 0 Å². The first-order valence-electron chi connectivity index (χ1n) is 21.9. The summed E-state index contributed by atoms with van der Waals surface area (Å²) >= 11 is 3.03. The molecule has 0 spiro atoms. The quantitative estimate of drug-likeness (QED) is 0.0850. The Hall–Kier alpha value is -9.72. The molecule has 8 aromatic rings. The van der Waals surface area contributed by atoms with E-state index in [2.05, 4.69) is 43.6 Å². The molecule has 0 N–H and O–H groups in total. The normalized spacial score (nSPS) is 14.5. The molecule has 0 fully saturated rings. The Balaban J connectivity index is 0.954. The Labute approximate surface area is 443 Å². The summed E-state index contributed by atoms with van der Waals surface area (Å²) in [6, 6.07) is 29.0. The van der Waals surface area contributed by atoms with Crippen LogP contribution in [0.25, 0.3) is 74.6 Å². The van der Waals surface area contributed by atoms with Crippen LogP contribution >= 0.6 is 45.3 Å². The van der Waals surface area contributed by atoms with E-state index in [1.165, 1.54) is 55.7 Å². The second-order valence-electron chi connectivity index (χ2n) is 17.2. The van der Waals surface area contributed by atoms with Gasteiger partial charge in [-0.25, -0.2) is 0 Å². The number of ether oxygens (including phenoxy) is 2. The third-order valence-corrected chi connectivity index (χ3v) is 25.9. The van der Waals surface area contributed by atoms with E-state index >= 15 is 0 Å². The van der Waals surface area contributed by atoms with E-state index in [1.807, 2.05) is 48.6 Å². The molecule has 350 valence electrons. The van der Waals surface area contributed by atoms with Crippen molar-refractivity contribution in [3.05, 3.63) is 126 Å². The standard InChI is InChI=1S/C54H22GeN12O4S4/c1-55(2)33-13-41(53-39(70-3)11-29(72-53)9-31-43(27(19-60)20-61)45-47(49(31)68)66-37-7-25(17-58)23(15-56)5-35(37)64-45)74-51(33)52-34(55)14-42(75-52)54-40(71-4)12-30(73-54)10-32-44(28(21-62)22-63)46-48(50(32)69)67-38-8-26(18-59)24(16-57)6-36(38)65-46/h5-14H,1-4H3/b31-9-,32-10-. The number of rotatable bonds is 6. The van der Waals surface area contributed by atoms with Crippen LogP contribution in [-0.4, -0.2) is 59.0 Å². The Morgan fingerprint density at radius 3 is 1.12 bits per heavy atom. The first-order chi connectivity index (χ1) is 36.2. The number of methoxy groups -OCH3 is 2. The molecule has 0 saturated carbocycles. The zero-order chi connectivity index (χ0) is 52.8. The van der Waals surface area contributed by atoms with Crippen LogP contribution in [0.3, 0.4) is 0 Å². The van der Waals surface area contributed by atoms with Gasteiger partial charge in [-0.1, -0.05) is 0 Å². The van der Waals surface area contributed by atoms with Gasteiger partial charge < -0.3 is 0 Å². The van der Waals surface area contributed by atoms with Gasteiger partial charge in [0.2, 0.25) is 0 Å². The van der Waals surface area contributed by atoms with Gasteiger partial charge in [0.25, 0.3) is 0 Å². The molecule has 0 atom stereocenters. The number of nitriles is 8. The number of carbonyl (C=O) groups excluding carboxylic acids is 2. The maximum atomic E-state index is 14.2. The Bertz CT molecular complexity index is 4260. The summed E-state index contributed by atoms with van der Waals surface area (Å²) in [5.74, 6) is 4.65. The number of thiophene rings is 4. The first-order valence-corrected chi connectivity index (χ1v) is 31.4. The van der Waals surface area contributed by atoms with E-state index < -0.39 is 24.8 Å². The molecule has 0 unspecified atom stereocenters. The molecule has 2 aromatic carbocycles. The molecular weight excluding hydrogens is 1080 g/mol. The molecule has 7 heterocycles. The van der Waals surface area contributed by atoms with Gasteiger partial charge in [0.15, 0.2) is 0 Å². The van der Waals surface area contributed by atoms with Crippen LogP contribution in [0.5, 0.6) is 11.5 Å². The Morgan fingerprint density at radius 2 is 0.813 bits per heavy atom. The number of Topliss-reactive ketones (excluding diaryl/α,β-unsaturated/α-hetero) is 2. The van der Waals surface area contributed by atoms with Crippen molar-refractivity contribution in [2.75, 3.05) is 14.2 Å². The first kappa shape index (κ1) is 47.6. The molecule has 0 amide bonds. The molecule has 11 rings (SSSR count). The van der Waals surface area contributed by atoms with E-state index in [9.17, 15) is 51.7 Å². The van der Waals surface area contributed by atoms with Crippen molar-refractivity contribution in [2.24, 2.45) is 0 Å². The van der Waals surface area contributed by atoms with Crippen molar-refractivity contribution in [1.29, 1.82) is 42.1 Å². The third kappa shape index (κ3) is 7.19. The molecule has 75 heavy (non-hydrogen) atoms. The van der Waals surface area contributed by atoms with E-state index in [1.54, 1.807) is 61.2 Å². The van der Waals surface area contributed by atoms with E-state index in [0.717, 1.165) is 29.3 Å². The second kappa shape index (κ2) is 17.8. The molecule has 0 bridgehead atoms. The SMILES string of the molecule is COc1cc(/C=C2\C(=O)c3nc4cc(C#N)c(C#N)cc4nc3C2=C(C#N)C#N)sc1-c1c[c]2c(s1)-c1sc(-c3sc(/C=C4\C(=O)c5nc6cc(C#N)c(C#N)cc6nc5C4=C(C#N)C#N)cc3OC)c[c]1[Ge]2([CH3])[CH3]. The van der Waals surface area contributed by atoms with Crippen molar-refractivity contribution in [1.82, 2.24) is 19.9 Å². The van der Waals surface area contributed by atoms with Crippen molar-refractivity contribution in [3.8, 4) is 89.3 Å². The number of allylic oxidation sites excluding steroid dienone is 6. The molecule has 6 aromatic heterocycles. The number of benzene rings is 2. The van der Waals surface area contributed by atoms with Crippen molar-refractivity contribution < 1.29 is 19.1 Å². The fraction of sp³-hybridized carbons (Fsp3) is 0.0741. The van der Waals surface area contributed by atoms with E-state index in [0.29, 0.717) is 21.3 Å². The van der Waals surface area contributed by atoms with Gasteiger partial charge in [-0.15, -0.1) is 0 Å². The number of hydrogen-bond acceptors (Lipinski definition) is 20. The predicted octanol–water partition coefficient (Wildman–Crippen LogP) is 9.62. The molecule has 3 aliphatic rings. The Morgan fingerprint density at radius 1 is 0.480 bits per heavy atom. The van der Waals surface area contributed by atoms with Gasteiger partial charge in [0.1, 0.15) is 24.3 Å². The molecule has 2 aliphatic carbocycles. The van der Waals surface area contributed by atoms with Gasteiger partial charge in [-0.05, 0) is 24.3 Å². The average Bonchev–Trinajstić information content (AvgIpc) is 4.34. The van der Waals surface area contributed by atoms with Gasteiger partial charge >= 0.3 is 354 Å². The van der Waals surface area contributed by atoms with Crippen molar-refractivity contribution in [2.45, 2.75) is 11.5 Å². The fourth-order valence-corrected chi connectivity index (χ4v) is 23.7. The summed E-state index contributed by atoms with van der Waals surface area (Å²) in [4.78, 5) is 53.6. The van der Waals surface area contributed by atoms with E-state index in [-0.39, 0.29) is 101 Å². The van der Waals surface area contributed by atoms with Gasteiger partial charge in [-0.2, -0.15) is 21.0 Å². The maximum absolute atomic E-state index is 14.2. The summed E-state index contributed by atoms with van der Waals surface area (Å²) in [6.07, 6.45) is 3.20. The van der Waals surface area contributed by atoms with Gasteiger partial charge in [0.05, 0.1) is 22.3 Å². The van der Waals surface area contributed by atoms with Crippen LogP contribution in [-0.2, 0) is 0 Å². The second-order valence-corrected chi connectivity index (χ2v) is 30.6. The van der Waals surface area contributed by atoms with Crippen LogP contribution < -0.4 is 18.3 Å². The van der Waals surface area contributed by atoms with Crippen molar-refractivity contribution >= 4 is 124 Å². The molecular formula is C54H22GeN12O4S4. The summed E-state index contributed by atoms with van der Waals surface area (Å²) in [7, 11) is 3.11. The zero-order valence-electron chi connectivity index (χ0n) is 38.9. The summed E-state index contributed by atoms with van der Waals surface area (Å²) in [6.45, 7) is 0. The summed E-state index contributed by atoms with van der Waals surface area (Å²) < 4.78 is 14.4. The zero-order valence-corrected chi connectivity index (χ0v) is 44.3. The minimum atomic E-state index is -2.98. The van der Waals surface area contributed by atoms with Crippen LogP contribution in [0.2, 0.25) is 11.5 Å². The third-order valence-electron chi connectivity index (χ3n) is 12.9. The number of fused-ring (bicyclic) bond motifs is 7. The number of nitrogens with zero attached hydrogens (tertiary/aromatic N) is 12. The average molecular weight is 1100 g/mol. The molecule has 1 aliphatic heterocycles. The van der Waals surface area contributed by atoms with E-state index in [4.69, 9.17) is 9.47 Å².